The van der Waals surface area contributed by atoms with Crippen LogP contribution in [0.5, 0.6) is 11.5 Å². The summed E-state index contributed by atoms with van der Waals surface area (Å²) in [4.78, 5) is -2.61. The third-order valence-electron chi connectivity index (χ3n) is 1.71. The minimum absolute atomic E-state index is 0.322. The summed E-state index contributed by atoms with van der Waals surface area (Å²) in [5, 5.41) is 8.63. The predicted molar refractivity (Wildman–Crippen MR) is 113 cm³/mol. The molecule has 0 saturated carbocycles. The summed E-state index contributed by atoms with van der Waals surface area (Å²) in [5.41, 5.74) is 0. The van der Waals surface area contributed by atoms with Crippen molar-refractivity contribution in [1.29, 1.82) is 0 Å². The van der Waals surface area contributed by atoms with E-state index in [0.29, 0.717) is 11.5 Å². The maximum absolute atomic E-state index is 8.63. The highest BCUT2D eigenvalue weighted by Crippen LogP contribution is 2.61. The number of benzene rings is 2. The Morgan fingerprint density at radius 1 is 0.739 bits per heavy atom. The molecular formula is C12H11Cl5O2P2S2. The van der Waals surface area contributed by atoms with Gasteiger partial charge in [0.25, 0.3) is 4.97 Å². The molecule has 2 rings (SSSR count). The second-order valence-corrected chi connectivity index (χ2v) is 21.1. The Morgan fingerprint density at radius 2 is 1.09 bits per heavy atom. The standard InChI is InChI=1S/C6H5Cl2OPS.C6H6O.Cl3PS/c7-10(8,11)9-6-4-2-1-3-5-6;7-6-4-2-1-3-5-6;1-4(2,3)5/h1-5H;1-5,7H;. The normalized spacial score (nSPS) is 10.5. The molecule has 0 saturated heterocycles. The Morgan fingerprint density at radius 3 is 1.35 bits per heavy atom. The molecule has 2 aromatic rings. The van der Waals surface area contributed by atoms with E-state index in [0.717, 1.165) is 0 Å². The number of hydrogen-bond donors (Lipinski definition) is 1. The average molecular weight is 491 g/mol. The SMILES string of the molecule is Oc1ccccc1.S=P(Cl)(Cl)Cl.S=P(Cl)(Cl)Oc1ccccc1. The number of phenols is 1. The monoisotopic (exact) mass is 488 g/mol. The fraction of sp³-hybridized carbons (Fsp3) is 0. The van der Waals surface area contributed by atoms with Crippen molar-refractivity contribution in [2.45, 2.75) is 0 Å². The molecule has 2 aromatic carbocycles. The summed E-state index contributed by atoms with van der Waals surface area (Å²) >= 11 is 35.0. The molecular weight excluding hydrogens is 479 g/mol. The Labute approximate surface area is 169 Å². The van der Waals surface area contributed by atoms with Crippen LogP contribution >= 0.6 is 65.3 Å². The van der Waals surface area contributed by atoms with E-state index in [1.807, 2.05) is 24.3 Å². The van der Waals surface area contributed by atoms with Crippen molar-refractivity contribution in [2.75, 3.05) is 0 Å². The fourth-order valence-electron chi connectivity index (χ4n) is 1.03. The van der Waals surface area contributed by atoms with Crippen LogP contribution in [0, 0.1) is 0 Å². The smallest absolute Gasteiger partial charge is 0.289 e. The molecule has 0 fully saturated rings. The first-order valence-electron chi connectivity index (χ1n) is 5.64. The molecule has 128 valence electrons. The quantitative estimate of drug-likeness (QED) is 0.431. The van der Waals surface area contributed by atoms with Crippen LogP contribution in [0.4, 0.5) is 0 Å². The summed E-state index contributed by atoms with van der Waals surface area (Å²) in [6.45, 7) is 0. The van der Waals surface area contributed by atoms with E-state index in [-0.39, 0.29) is 0 Å². The molecule has 0 unspecified atom stereocenters. The van der Waals surface area contributed by atoms with Crippen LogP contribution in [0.2, 0.25) is 0 Å². The molecule has 0 aromatic heterocycles. The van der Waals surface area contributed by atoms with Gasteiger partial charge in [0.2, 0.25) is 4.10 Å². The molecule has 0 amide bonds. The first-order valence-corrected chi connectivity index (χ1v) is 15.7. The van der Waals surface area contributed by atoms with Crippen LogP contribution < -0.4 is 4.52 Å². The second-order valence-electron chi connectivity index (χ2n) is 3.55. The molecule has 0 radical (unpaired) electrons. The van der Waals surface area contributed by atoms with Gasteiger partial charge in [-0.25, -0.2) is 0 Å². The lowest BCUT2D eigenvalue weighted by Gasteiger charge is -2.07. The highest BCUT2D eigenvalue weighted by atomic mass is 36.1. The minimum Gasteiger partial charge on any atom is -0.508 e. The molecule has 11 heteroatoms. The Hall–Kier alpha value is 0.790. The maximum atomic E-state index is 8.63. The highest BCUT2D eigenvalue weighted by molar-refractivity contribution is 8.50. The predicted octanol–water partition coefficient (Wildman–Crippen LogP) is 8.09. The molecule has 2 nitrogen and oxygen atoms in total. The molecule has 0 aliphatic carbocycles. The Bertz CT molecular complexity index is 641. The number of phenolic OH excluding ortho intramolecular Hbond substituents is 1. The molecule has 0 heterocycles. The van der Waals surface area contributed by atoms with Crippen molar-refractivity contribution in [3.63, 3.8) is 0 Å². The number of hydrogen-bond acceptors (Lipinski definition) is 4. The van der Waals surface area contributed by atoms with Crippen LogP contribution in [-0.4, -0.2) is 5.11 Å². The maximum Gasteiger partial charge on any atom is 0.289 e. The zero-order chi connectivity index (χ0) is 17.9. The first-order chi connectivity index (χ1) is 10.5. The van der Waals surface area contributed by atoms with Gasteiger partial charge in [-0.2, -0.15) is 0 Å². The van der Waals surface area contributed by atoms with Crippen molar-refractivity contribution < 1.29 is 9.63 Å². The molecule has 0 aliphatic heterocycles. The summed E-state index contributed by atoms with van der Waals surface area (Å²) < 4.78 is 2.67. The van der Waals surface area contributed by atoms with E-state index in [9.17, 15) is 0 Å². The van der Waals surface area contributed by atoms with Gasteiger partial charge in [-0.1, -0.05) is 70.1 Å². The zero-order valence-electron chi connectivity index (χ0n) is 11.2. The topological polar surface area (TPSA) is 29.5 Å². The van der Waals surface area contributed by atoms with Crippen LogP contribution in [0.1, 0.15) is 0 Å². The summed E-state index contributed by atoms with van der Waals surface area (Å²) in [7, 11) is 0. The van der Waals surface area contributed by atoms with E-state index in [1.54, 1.807) is 36.4 Å². The number of aromatic hydroxyl groups is 1. The molecule has 1 N–H and O–H groups in total. The number of para-hydroxylation sites is 2. The van der Waals surface area contributed by atoms with Gasteiger partial charge >= 0.3 is 0 Å². The molecule has 0 bridgehead atoms. The zero-order valence-corrected chi connectivity index (χ0v) is 18.4. The average Bonchev–Trinajstić information content (AvgIpc) is 2.37. The second kappa shape index (κ2) is 12.2. The molecule has 23 heavy (non-hydrogen) atoms. The van der Waals surface area contributed by atoms with Gasteiger partial charge in [-0.05, 0) is 70.4 Å². The van der Waals surface area contributed by atoms with Gasteiger partial charge in [-0.15, -0.1) is 0 Å². The van der Waals surface area contributed by atoms with Gasteiger partial charge in [0.1, 0.15) is 11.5 Å². The summed E-state index contributed by atoms with van der Waals surface area (Å²) in [6, 6.07) is 17.8. The largest absolute Gasteiger partial charge is 0.508 e. The summed E-state index contributed by atoms with van der Waals surface area (Å²) in [5.74, 6) is 0.934. The van der Waals surface area contributed by atoms with Crippen LogP contribution in [0.15, 0.2) is 60.7 Å². The fourth-order valence-corrected chi connectivity index (χ4v) is 2.14. The minimum atomic E-state index is -2.61. The van der Waals surface area contributed by atoms with Gasteiger partial charge in [-0.3, -0.25) is 0 Å². The van der Waals surface area contributed by atoms with Crippen LogP contribution in [-0.2, 0) is 23.6 Å². The first kappa shape index (κ1) is 23.8. The van der Waals surface area contributed by atoms with Crippen molar-refractivity contribution in [3.8, 4) is 11.5 Å². The highest BCUT2D eigenvalue weighted by Gasteiger charge is 2.09. The van der Waals surface area contributed by atoms with E-state index < -0.39 is 9.07 Å². The van der Waals surface area contributed by atoms with E-state index in [2.05, 4.69) is 23.6 Å². The lowest BCUT2D eigenvalue weighted by Crippen LogP contribution is -1.78. The van der Waals surface area contributed by atoms with E-state index >= 15 is 0 Å². The van der Waals surface area contributed by atoms with Gasteiger partial charge in [0, 0.05) is 0 Å². The van der Waals surface area contributed by atoms with Gasteiger partial charge in [0.05, 0.1) is 0 Å². The lowest BCUT2D eigenvalue weighted by molar-refractivity contribution is 0.475. The molecule has 0 atom stereocenters. The van der Waals surface area contributed by atoms with Crippen molar-refractivity contribution in [3.05, 3.63) is 60.7 Å². The number of rotatable bonds is 2. The van der Waals surface area contributed by atoms with Crippen LogP contribution in [0.3, 0.4) is 0 Å². The van der Waals surface area contributed by atoms with Gasteiger partial charge in [0.15, 0.2) is 0 Å². The van der Waals surface area contributed by atoms with Crippen molar-refractivity contribution in [2.24, 2.45) is 0 Å². The Balaban J connectivity index is 0.000000347. The third-order valence-corrected chi connectivity index (χ3v) is 2.77. The molecule has 0 spiro atoms. The van der Waals surface area contributed by atoms with E-state index in [4.69, 9.17) is 65.8 Å². The summed E-state index contributed by atoms with van der Waals surface area (Å²) in [6.07, 6.45) is 0. The Kier molecular flexibility index (Phi) is 12.6. The van der Waals surface area contributed by atoms with Crippen LogP contribution in [0.25, 0.3) is 0 Å². The van der Waals surface area contributed by atoms with Crippen molar-refractivity contribution in [1.82, 2.24) is 0 Å². The lowest BCUT2D eigenvalue weighted by atomic mass is 10.3. The van der Waals surface area contributed by atoms with Gasteiger partial charge < -0.3 is 9.63 Å². The third kappa shape index (κ3) is 20.7. The number of halogens is 5. The molecule has 0 aliphatic rings. The van der Waals surface area contributed by atoms with E-state index in [1.165, 1.54) is 0 Å². The van der Waals surface area contributed by atoms with Crippen molar-refractivity contribution >= 4 is 88.9 Å².